The molecule has 9 aromatic carbocycles. The van der Waals surface area contributed by atoms with Gasteiger partial charge in [0, 0.05) is 38.8 Å². The minimum absolute atomic E-state index is 0.164. The predicted octanol–water partition coefficient (Wildman–Crippen LogP) is 14.9. The lowest BCUT2D eigenvalue weighted by molar-refractivity contribution is 0.661. The van der Waals surface area contributed by atoms with Gasteiger partial charge < -0.3 is 9.80 Å². The zero-order valence-corrected chi connectivity index (χ0v) is 30.9. The SMILES string of the molecule is CC1(C)c2cc(N3c4ccccc4-c4ccccc4-c4cccc5c(N(c6ccccc6)c6ccccc6)ccc3c45)ccc2-c2cc3ccccc3cc21. The molecule has 0 amide bonds. The minimum atomic E-state index is -0.164. The summed E-state index contributed by atoms with van der Waals surface area (Å²) < 4.78 is 0. The molecule has 11 rings (SSSR count). The van der Waals surface area contributed by atoms with Crippen molar-refractivity contribution in [1.29, 1.82) is 0 Å². The molecule has 1 heterocycles. The van der Waals surface area contributed by atoms with Crippen LogP contribution in [0, 0.1) is 0 Å². The second kappa shape index (κ2) is 12.1. The molecule has 0 unspecified atom stereocenters. The van der Waals surface area contributed by atoms with Crippen LogP contribution < -0.4 is 9.80 Å². The van der Waals surface area contributed by atoms with Crippen molar-refractivity contribution < 1.29 is 0 Å². The van der Waals surface area contributed by atoms with Gasteiger partial charge in [0.1, 0.15) is 0 Å². The van der Waals surface area contributed by atoms with Gasteiger partial charge in [0.15, 0.2) is 0 Å². The molecule has 0 spiro atoms. The number of hydrogen-bond acceptors (Lipinski definition) is 2. The first-order valence-electron chi connectivity index (χ1n) is 19.2. The average Bonchev–Trinajstić information content (AvgIpc) is 3.45. The van der Waals surface area contributed by atoms with E-state index in [1.165, 1.54) is 71.7 Å². The van der Waals surface area contributed by atoms with Gasteiger partial charge in [0.25, 0.3) is 0 Å². The number of nitrogens with zero attached hydrogens (tertiary/aromatic N) is 2. The van der Waals surface area contributed by atoms with Crippen LogP contribution in [0.4, 0.5) is 34.1 Å². The summed E-state index contributed by atoms with van der Waals surface area (Å²) in [4.78, 5) is 4.91. The van der Waals surface area contributed by atoms with Crippen molar-refractivity contribution in [2.45, 2.75) is 19.3 Å². The first-order chi connectivity index (χ1) is 27.1. The average molecular weight is 703 g/mol. The van der Waals surface area contributed by atoms with E-state index >= 15 is 0 Å². The highest BCUT2D eigenvalue weighted by Gasteiger charge is 2.37. The minimum Gasteiger partial charge on any atom is -0.310 e. The number of benzene rings is 9. The Bertz CT molecular complexity index is 2920. The third kappa shape index (κ3) is 4.74. The molecule has 0 aromatic heterocycles. The molecule has 55 heavy (non-hydrogen) atoms. The van der Waals surface area contributed by atoms with Crippen molar-refractivity contribution in [2.24, 2.45) is 0 Å². The summed E-state index contributed by atoms with van der Waals surface area (Å²) in [7, 11) is 0. The normalized spacial score (nSPS) is 13.4. The van der Waals surface area contributed by atoms with E-state index in [0.717, 1.165) is 28.4 Å². The van der Waals surface area contributed by atoms with Crippen molar-refractivity contribution in [3.63, 3.8) is 0 Å². The molecule has 0 saturated carbocycles. The van der Waals surface area contributed by atoms with E-state index < -0.39 is 0 Å². The first kappa shape index (κ1) is 31.6. The molecular formula is C53H38N2. The second-order valence-electron chi connectivity index (χ2n) is 15.3. The molecular weight excluding hydrogens is 665 g/mol. The number of anilines is 6. The lowest BCUT2D eigenvalue weighted by Crippen LogP contribution is -2.18. The maximum atomic E-state index is 2.52. The highest BCUT2D eigenvalue weighted by atomic mass is 15.2. The Balaban J connectivity index is 1.20. The van der Waals surface area contributed by atoms with E-state index in [4.69, 9.17) is 0 Å². The van der Waals surface area contributed by atoms with Gasteiger partial charge in [0.2, 0.25) is 0 Å². The van der Waals surface area contributed by atoms with Crippen molar-refractivity contribution >= 4 is 55.7 Å². The highest BCUT2D eigenvalue weighted by Crippen LogP contribution is 2.55. The van der Waals surface area contributed by atoms with Gasteiger partial charge in [-0.1, -0.05) is 141 Å². The fraction of sp³-hybridized carbons (Fsp3) is 0.0566. The van der Waals surface area contributed by atoms with Crippen LogP contribution in [0.15, 0.2) is 194 Å². The summed E-state index contributed by atoms with van der Waals surface area (Å²) in [6.45, 7) is 4.77. The van der Waals surface area contributed by atoms with E-state index in [1.54, 1.807) is 0 Å². The van der Waals surface area contributed by atoms with E-state index in [0.29, 0.717) is 0 Å². The van der Waals surface area contributed by atoms with Gasteiger partial charge in [-0.25, -0.2) is 0 Å². The highest BCUT2D eigenvalue weighted by molar-refractivity contribution is 6.17. The van der Waals surface area contributed by atoms with Crippen LogP contribution >= 0.6 is 0 Å². The molecule has 0 atom stereocenters. The fourth-order valence-corrected chi connectivity index (χ4v) is 9.37. The number of fused-ring (bicyclic) bond motifs is 8. The molecule has 1 aliphatic heterocycles. The van der Waals surface area contributed by atoms with Crippen LogP contribution in [0.1, 0.15) is 25.0 Å². The van der Waals surface area contributed by atoms with Gasteiger partial charge in [-0.3, -0.25) is 0 Å². The molecule has 2 heteroatoms. The first-order valence-corrected chi connectivity index (χ1v) is 19.2. The molecule has 2 nitrogen and oxygen atoms in total. The zero-order valence-electron chi connectivity index (χ0n) is 30.9. The van der Waals surface area contributed by atoms with Gasteiger partial charge in [-0.05, 0) is 116 Å². The van der Waals surface area contributed by atoms with Crippen LogP contribution in [0.25, 0.3) is 54.9 Å². The molecule has 0 radical (unpaired) electrons. The molecule has 1 aliphatic carbocycles. The summed E-state index contributed by atoms with van der Waals surface area (Å²) in [5.74, 6) is 0. The van der Waals surface area contributed by atoms with Gasteiger partial charge in [0.05, 0.1) is 17.1 Å². The molecule has 0 fully saturated rings. The number of hydrogen-bond donors (Lipinski definition) is 0. The Morgan fingerprint density at radius 3 is 1.71 bits per heavy atom. The molecule has 260 valence electrons. The largest absolute Gasteiger partial charge is 0.310 e. The van der Waals surface area contributed by atoms with Crippen molar-refractivity contribution in [3.8, 4) is 33.4 Å². The van der Waals surface area contributed by atoms with Crippen LogP contribution in [-0.4, -0.2) is 0 Å². The Hall–Kier alpha value is -6.90. The van der Waals surface area contributed by atoms with Crippen LogP contribution in [0.2, 0.25) is 0 Å². The summed E-state index contributed by atoms with van der Waals surface area (Å²) in [6.07, 6.45) is 0. The summed E-state index contributed by atoms with van der Waals surface area (Å²) in [5, 5.41) is 5.00. The van der Waals surface area contributed by atoms with Gasteiger partial charge >= 0.3 is 0 Å². The Morgan fingerprint density at radius 2 is 0.982 bits per heavy atom. The maximum absolute atomic E-state index is 2.52. The van der Waals surface area contributed by atoms with Crippen molar-refractivity contribution in [2.75, 3.05) is 9.80 Å². The van der Waals surface area contributed by atoms with Crippen LogP contribution in [0.5, 0.6) is 0 Å². The van der Waals surface area contributed by atoms with E-state index in [1.807, 2.05) is 0 Å². The lowest BCUT2D eigenvalue weighted by Gasteiger charge is -2.34. The number of para-hydroxylation sites is 3. The quantitative estimate of drug-likeness (QED) is 0.180. The van der Waals surface area contributed by atoms with Gasteiger partial charge in [-0.15, -0.1) is 0 Å². The smallest absolute Gasteiger partial charge is 0.0548 e. The van der Waals surface area contributed by atoms with Gasteiger partial charge in [-0.2, -0.15) is 0 Å². The molecule has 0 saturated heterocycles. The molecule has 2 aliphatic rings. The molecule has 0 bridgehead atoms. The lowest BCUT2D eigenvalue weighted by atomic mass is 9.81. The van der Waals surface area contributed by atoms with Crippen LogP contribution in [0.3, 0.4) is 0 Å². The molecule has 9 aromatic rings. The summed E-state index contributed by atoms with van der Waals surface area (Å²) in [5.41, 5.74) is 17.0. The number of rotatable bonds is 4. The Morgan fingerprint density at radius 1 is 0.400 bits per heavy atom. The molecule has 0 N–H and O–H groups in total. The van der Waals surface area contributed by atoms with Crippen molar-refractivity contribution in [1.82, 2.24) is 0 Å². The Kier molecular flexibility index (Phi) is 6.93. The fourth-order valence-electron chi connectivity index (χ4n) is 9.37. The van der Waals surface area contributed by atoms with Crippen LogP contribution in [-0.2, 0) is 5.41 Å². The van der Waals surface area contributed by atoms with E-state index in [9.17, 15) is 0 Å². The van der Waals surface area contributed by atoms with Crippen molar-refractivity contribution in [3.05, 3.63) is 205 Å². The van der Waals surface area contributed by atoms with E-state index in [2.05, 4.69) is 218 Å². The summed E-state index contributed by atoms with van der Waals surface area (Å²) in [6, 6.07) is 71.5. The second-order valence-corrected chi connectivity index (χ2v) is 15.3. The maximum Gasteiger partial charge on any atom is 0.0548 e. The summed E-state index contributed by atoms with van der Waals surface area (Å²) >= 11 is 0. The zero-order chi connectivity index (χ0) is 36.7. The standard InChI is InChI=1S/C53H38N2/c1-53(2)47-33-36-17-10-9-16-35(36)32-46(47)42-29-28-39(34-48(42)53)55-49-27-14-13-24-43(49)40-22-11-12-23-41(40)44-25-15-26-45-50(30-31-51(55)52(44)45)54(37-18-5-3-6-19-37)38-20-7-4-8-21-38/h3-34H,1-2H3. The topological polar surface area (TPSA) is 6.48 Å². The monoisotopic (exact) mass is 702 g/mol. The third-order valence-electron chi connectivity index (χ3n) is 11.9. The third-order valence-corrected chi connectivity index (χ3v) is 11.9. The van der Waals surface area contributed by atoms with E-state index in [-0.39, 0.29) is 5.41 Å². The predicted molar refractivity (Wildman–Crippen MR) is 233 cm³/mol. The Labute approximate surface area is 322 Å².